The van der Waals surface area contributed by atoms with E-state index in [0.29, 0.717) is 6.42 Å². The van der Waals surface area contributed by atoms with Crippen LogP contribution in [0.3, 0.4) is 0 Å². The van der Waals surface area contributed by atoms with E-state index in [0.717, 1.165) is 0 Å². The van der Waals surface area contributed by atoms with Gasteiger partial charge >= 0.3 is 0 Å². The summed E-state index contributed by atoms with van der Waals surface area (Å²) in [5.74, 6) is -1.34. The molecule has 0 aromatic rings. The first-order valence-corrected chi connectivity index (χ1v) is 13.2. The maximum absolute atomic E-state index is 10.9. The van der Waals surface area contributed by atoms with Gasteiger partial charge in [0.25, 0.3) is 0 Å². The van der Waals surface area contributed by atoms with Gasteiger partial charge in [-0.3, -0.25) is 0 Å². The van der Waals surface area contributed by atoms with Gasteiger partial charge in [-0.25, -0.2) is 0 Å². The van der Waals surface area contributed by atoms with Gasteiger partial charge in [-0.05, 0) is 6.42 Å². The molecule has 0 spiro atoms. The lowest BCUT2D eigenvalue weighted by Gasteiger charge is -2.45. The fourth-order valence-electron chi connectivity index (χ4n) is 5.40. The maximum Gasteiger partial charge on any atom is 0.186 e. The lowest BCUT2D eigenvalue weighted by atomic mass is 9.85. The number of hydrogen-bond donors (Lipinski definition) is 9. The topological polar surface area (TPSA) is 237 Å². The van der Waals surface area contributed by atoms with Gasteiger partial charge < -0.3 is 74.4 Å². The first-order chi connectivity index (χ1) is 18.6. The molecule has 3 aliphatic rings. The molecule has 3 fully saturated rings. The van der Waals surface area contributed by atoms with Crippen molar-refractivity contribution < 1.29 is 74.4 Å². The highest BCUT2D eigenvalue weighted by molar-refractivity contribution is 4.94. The maximum atomic E-state index is 10.9. The van der Waals surface area contributed by atoms with E-state index in [1.54, 1.807) is 0 Å². The molecule has 0 aromatic heterocycles. The van der Waals surface area contributed by atoms with Gasteiger partial charge in [-0.2, -0.15) is 0 Å². The molecule has 0 saturated carbocycles. The van der Waals surface area contributed by atoms with E-state index in [2.05, 4.69) is 0 Å². The molecule has 0 radical (unpaired) electrons. The van der Waals surface area contributed by atoms with Crippen molar-refractivity contribution in [2.45, 2.75) is 92.9 Å². The zero-order valence-corrected chi connectivity index (χ0v) is 22.1. The third kappa shape index (κ3) is 7.43. The first-order valence-electron chi connectivity index (χ1n) is 13.2. The minimum Gasteiger partial charge on any atom is -0.394 e. The van der Waals surface area contributed by atoms with Gasteiger partial charge in [0, 0.05) is 18.9 Å². The predicted molar refractivity (Wildman–Crippen MR) is 128 cm³/mol. The van der Waals surface area contributed by atoms with E-state index in [1.165, 1.54) is 7.11 Å². The molecule has 15 heteroatoms. The van der Waals surface area contributed by atoms with E-state index in [-0.39, 0.29) is 33.0 Å². The van der Waals surface area contributed by atoms with Crippen LogP contribution in [0.5, 0.6) is 0 Å². The number of methoxy groups -OCH3 is 1. The molecular weight excluding hydrogens is 528 g/mol. The van der Waals surface area contributed by atoms with Crippen molar-refractivity contribution in [2.75, 3.05) is 46.8 Å². The molecule has 0 aromatic carbocycles. The van der Waals surface area contributed by atoms with Crippen LogP contribution >= 0.6 is 0 Å². The van der Waals surface area contributed by atoms with Crippen LogP contribution < -0.4 is 0 Å². The molecular formula is C24H44O15. The Balaban J connectivity index is 1.65. The zero-order valence-electron chi connectivity index (χ0n) is 22.1. The second kappa shape index (κ2) is 15.0. The normalized spacial score (nSPS) is 47.3. The summed E-state index contributed by atoms with van der Waals surface area (Å²) in [7, 11) is 1.39. The molecule has 0 aliphatic carbocycles. The Morgan fingerprint density at radius 2 is 1.10 bits per heavy atom. The van der Waals surface area contributed by atoms with E-state index in [9.17, 15) is 46.0 Å². The summed E-state index contributed by atoms with van der Waals surface area (Å²) in [6.45, 7) is 0.0512. The number of aliphatic hydroxyl groups is 9. The van der Waals surface area contributed by atoms with Crippen molar-refractivity contribution in [1.29, 1.82) is 0 Å². The van der Waals surface area contributed by atoms with Crippen molar-refractivity contribution in [3.8, 4) is 0 Å². The van der Waals surface area contributed by atoms with Crippen molar-refractivity contribution in [1.82, 2.24) is 0 Å². The highest BCUT2D eigenvalue weighted by Gasteiger charge is 2.48. The summed E-state index contributed by atoms with van der Waals surface area (Å²) in [5, 5.41) is 91.6. The van der Waals surface area contributed by atoms with E-state index < -0.39 is 98.0 Å². The number of hydrogen-bond acceptors (Lipinski definition) is 15. The van der Waals surface area contributed by atoms with E-state index in [4.69, 9.17) is 28.4 Å². The molecule has 15 unspecified atom stereocenters. The first kappa shape index (κ1) is 32.9. The second-order valence-corrected chi connectivity index (χ2v) is 10.3. The Hall–Kier alpha value is -0.600. The predicted octanol–water partition coefficient (Wildman–Crippen LogP) is -4.92. The number of rotatable bonds is 12. The largest absolute Gasteiger partial charge is 0.394 e. The Labute approximate surface area is 226 Å². The third-order valence-electron chi connectivity index (χ3n) is 7.84. The van der Waals surface area contributed by atoms with Crippen molar-refractivity contribution >= 4 is 0 Å². The summed E-state index contributed by atoms with van der Waals surface area (Å²) < 4.78 is 33.4. The lowest BCUT2D eigenvalue weighted by Crippen LogP contribution is -2.61. The summed E-state index contributed by atoms with van der Waals surface area (Å²) in [6.07, 6.45) is -15.6. The molecule has 3 aliphatic heterocycles. The van der Waals surface area contributed by atoms with Crippen molar-refractivity contribution in [3.05, 3.63) is 0 Å². The molecule has 3 saturated heterocycles. The summed E-state index contributed by atoms with van der Waals surface area (Å²) in [5.41, 5.74) is 0. The SMILES string of the molecule is CCC1C(CO)OC(COCC2C(COC3OC(CO)C(O)C(O)C3O)OC(COC)C(O)C2O)C(O)C1O. The van der Waals surface area contributed by atoms with Crippen LogP contribution in [0.25, 0.3) is 0 Å². The zero-order chi connectivity index (χ0) is 28.9. The number of ether oxygens (including phenoxy) is 6. The Morgan fingerprint density at radius 3 is 1.69 bits per heavy atom. The fourth-order valence-corrected chi connectivity index (χ4v) is 5.40. The minimum atomic E-state index is -1.65. The third-order valence-corrected chi connectivity index (χ3v) is 7.84. The lowest BCUT2D eigenvalue weighted by molar-refractivity contribution is -0.313. The molecule has 15 atom stereocenters. The Bertz CT molecular complexity index is 713. The van der Waals surface area contributed by atoms with Crippen LogP contribution in [-0.2, 0) is 28.4 Å². The standard InChI is InChI=1S/C24H44O15/c1-3-10-12(4-25)37-16(21(31)17(10)27)8-35-6-11-14(38-15(7-34-2)20(30)18(11)28)9-36-24-23(33)22(32)19(29)13(5-26)39-24/h10-33H,3-9H2,1-2H3. The Kier molecular flexibility index (Phi) is 12.7. The molecule has 15 nitrogen and oxygen atoms in total. The molecule has 0 amide bonds. The van der Waals surface area contributed by atoms with Crippen molar-refractivity contribution in [3.63, 3.8) is 0 Å². The van der Waals surface area contributed by atoms with Gasteiger partial charge in [0.2, 0.25) is 0 Å². The van der Waals surface area contributed by atoms with Crippen LogP contribution in [-0.4, -0.2) is 172 Å². The number of aliphatic hydroxyl groups excluding tert-OH is 9. The molecule has 230 valence electrons. The van der Waals surface area contributed by atoms with Gasteiger partial charge in [0.15, 0.2) is 6.29 Å². The summed E-state index contributed by atoms with van der Waals surface area (Å²) in [4.78, 5) is 0. The fraction of sp³-hybridized carbons (Fsp3) is 1.00. The molecule has 0 bridgehead atoms. The van der Waals surface area contributed by atoms with E-state index >= 15 is 0 Å². The molecule has 9 N–H and O–H groups in total. The van der Waals surface area contributed by atoms with E-state index in [1.807, 2.05) is 6.92 Å². The summed E-state index contributed by atoms with van der Waals surface area (Å²) in [6, 6.07) is 0. The van der Waals surface area contributed by atoms with Crippen LogP contribution in [0.2, 0.25) is 0 Å². The second-order valence-electron chi connectivity index (χ2n) is 10.3. The molecule has 3 heterocycles. The molecule has 39 heavy (non-hydrogen) atoms. The average molecular weight is 573 g/mol. The van der Waals surface area contributed by atoms with Crippen molar-refractivity contribution in [2.24, 2.45) is 11.8 Å². The highest BCUT2D eigenvalue weighted by atomic mass is 16.7. The highest BCUT2D eigenvalue weighted by Crippen LogP contribution is 2.31. The Morgan fingerprint density at radius 1 is 0.538 bits per heavy atom. The van der Waals surface area contributed by atoms with Crippen LogP contribution in [0, 0.1) is 11.8 Å². The minimum absolute atomic E-state index is 0.0521. The van der Waals surface area contributed by atoms with Gasteiger partial charge in [-0.1, -0.05) is 6.92 Å². The van der Waals surface area contributed by atoms with Crippen LogP contribution in [0.4, 0.5) is 0 Å². The van der Waals surface area contributed by atoms with Crippen LogP contribution in [0.15, 0.2) is 0 Å². The van der Waals surface area contributed by atoms with Crippen LogP contribution in [0.1, 0.15) is 13.3 Å². The monoisotopic (exact) mass is 572 g/mol. The van der Waals surface area contributed by atoms with Gasteiger partial charge in [0.05, 0.1) is 64.1 Å². The molecule has 3 rings (SSSR count). The quantitative estimate of drug-likeness (QED) is 0.106. The average Bonchev–Trinajstić information content (AvgIpc) is 2.93. The van der Waals surface area contributed by atoms with Gasteiger partial charge in [-0.15, -0.1) is 0 Å². The van der Waals surface area contributed by atoms with Gasteiger partial charge in [0.1, 0.15) is 48.8 Å². The summed E-state index contributed by atoms with van der Waals surface area (Å²) >= 11 is 0. The smallest absolute Gasteiger partial charge is 0.186 e.